The maximum Gasteiger partial charge on any atom is 0.396 e. The van der Waals surface area contributed by atoms with Gasteiger partial charge in [0.1, 0.15) is 30.3 Å². The van der Waals surface area contributed by atoms with Gasteiger partial charge in [0.15, 0.2) is 23.3 Å². The summed E-state index contributed by atoms with van der Waals surface area (Å²) in [4.78, 5) is 140. The van der Waals surface area contributed by atoms with Gasteiger partial charge in [-0.1, -0.05) is 91.0 Å². The van der Waals surface area contributed by atoms with Crippen LogP contribution in [0.3, 0.4) is 0 Å². The number of likely N-dealkylation sites (N-methyl/N-ethyl adjacent to an activating group) is 4. The lowest BCUT2D eigenvalue weighted by Gasteiger charge is -2.21. The summed E-state index contributed by atoms with van der Waals surface area (Å²) in [7, 11) is 6.64. The van der Waals surface area contributed by atoms with Crippen LogP contribution in [0.5, 0.6) is 0 Å². The Hall–Kier alpha value is -14.6. The molecule has 37 nitrogen and oxygen atoms in total. The van der Waals surface area contributed by atoms with Crippen molar-refractivity contribution in [3.05, 3.63) is 263 Å². The van der Waals surface area contributed by atoms with Crippen molar-refractivity contribution in [2.24, 2.45) is 29.4 Å². The third-order valence-corrected chi connectivity index (χ3v) is 21.5. The normalized spacial score (nSPS) is 22.5. The lowest BCUT2D eigenvalue weighted by Crippen LogP contribution is -2.48. The highest BCUT2D eigenvalue weighted by atomic mass is 16.5. The maximum absolute atomic E-state index is 12.9. The number of nitrogens with zero attached hydrogens (tertiary/aromatic N) is 20. The van der Waals surface area contributed by atoms with Gasteiger partial charge in [-0.2, -0.15) is 0 Å². The second-order valence-electron chi connectivity index (χ2n) is 29.3. The van der Waals surface area contributed by atoms with E-state index >= 15 is 0 Å². The minimum Gasteiger partial charge on any atom is -0.459 e. The lowest BCUT2D eigenvalue weighted by atomic mass is 10.1. The van der Waals surface area contributed by atoms with Crippen LogP contribution >= 0.6 is 0 Å². The Morgan fingerprint density at radius 3 is 1.08 bits per heavy atom. The second kappa shape index (κ2) is 34.1. The van der Waals surface area contributed by atoms with Crippen molar-refractivity contribution in [1.29, 1.82) is 0 Å². The van der Waals surface area contributed by atoms with Crippen LogP contribution in [0.15, 0.2) is 188 Å². The lowest BCUT2D eigenvalue weighted by molar-refractivity contribution is -0.121. The number of benzene rings is 3. The Morgan fingerprint density at radius 1 is 0.420 bits per heavy atom. The fraction of sp³-hybridized carbons (Fsp3) is 0.317. The Morgan fingerprint density at radius 2 is 0.731 bits per heavy atom. The van der Waals surface area contributed by atoms with E-state index in [9.17, 15) is 38.4 Å². The molecule has 12 atom stereocenters. The topological polar surface area (TPSA) is 480 Å². The van der Waals surface area contributed by atoms with Crippen molar-refractivity contribution in [1.82, 2.24) is 96.6 Å². The number of nitrogens with one attached hydrogen (secondary N) is 3. The van der Waals surface area contributed by atoms with Crippen molar-refractivity contribution in [2.75, 3.05) is 54.4 Å². The summed E-state index contributed by atoms with van der Waals surface area (Å²) in [6, 6.07) is 26.5. The van der Waals surface area contributed by atoms with E-state index in [1.807, 2.05) is 103 Å². The van der Waals surface area contributed by atoms with Crippen molar-refractivity contribution in [3.63, 3.8) is 0 Å². The minimum absolute atomic E-state index is 0.0152. The van der Waals surface area contributed by atoms with E-state index in [0.717, 1.165) is 70.7 Å². The Kier molecular flexibility index (Phi) is 22.4. The van der Waals surface area contributed by atoms with E-state index < -0.39 is 47.9 Å². The predicted molar refractivity (Wildman–Crippen MR) is 417 cm³/mol. The van der Waals surface area contributed by atoms with Crippen LogP contribution in [0.1, 0.15) is 162 Å². The minimum atomic E-state index is -0.687. The smallest absolute Gasteiger partial charge is 0.396 e. The number of esters is 1. The summed E-state index contributed by atoms with van der Waals surface area (Å²) in [5, 5.41) is 39.1. The molecule has 119 heavy (non-hydrogen) atoms. The Balaban J connectivity index is 0.000000114. The highest BCUT2D eigenvalue weighted by molar-refractivity contribution is 6.04. The molecule has 7 amide bonds. The van der Waals surface area contributed by atoms with Gasteiger partial charge in [0.2, 0.25) is 29.5 Å². The van der Waals surface area contributed by atoms with E-state index in [0.29, 0.717) is 78.4 Å². The molecular weight excluding hydrogens is 1530 g/mol. The Labute approximate surface area is 678 Å². The SMILES string of the molecule is CCOC(=O)c1nnc(Cc2ccccc2)o1.CN1C(=O)[C@@H](N)[C@H]2C[C@H]2c2nccnc21.CN1C(=O)[C@@H](NC(=O)c2nnc(CC3=CC=[C+]C=C3)o2)[C@H]2C[C@H]2c2nccnc21.CN1C(=O)[C@@H](NC(=O)c2nnc(Cc3ccccc3)o2)[C@H]2C[C@H]2c2nccnc21.CN1C(=O)[C@H](NC(=O)c2nnc(Cc3ccccc3)o2)[C@@H]2C[C@@H]2c2nccnc21. The molecule has 9 aliphatic rings. The van der Waals surface area contributed by atoms with E-state index in [1.54, 1.807) is 96.8 Å². The highest BCUT2D eigenvalue weighted by Gasteiger charge is 2.57. The number of fused-ring (bicyclic) bond motifs is 12. The molecule has 0 spiro atoms. The number of hydrogen-bond acceptors (Lipinski definition) is 30. The van der Waals surface area contributed by atoms with Crippen LogP contribution in [0.2, 0.25) is 0 Å². The van der Waals surface area contributed by atoms with Crippen molar-refractivity contribution in [2.45, 2.75) is 106 Å². The number of carbonyl (C=O) groups is 8. The third-order valence-electron chi connectivity index (χ3n) is 21.5. The molecular formula is C82H77N24O13+. The number of aromatic nitrogens is 16. The first kappa shape index (κ1) is 78.3. The molecule has 11 aromatic rings. The van der Waals surface area contributed by atoms with Gasteiger partial charge in [0.25, 0.3) is 17.7 Å². The van der Waals surface area contributed by atoms with Crippen LogP contribution in [0.25, 0.3) is 0 Å². The summed E-state index contributed by atoms with van der Waals surface area (Å²) in [6.45, 7) is 2.01. The van der Waals surface area contributed by atoms with E-state index in [4.69, 9.17) is 28.1 Å². The molecule has 0 saturated heterocycles. The average Bonchev–Trinajstić information content (AvgIpc) is 1.60. The number of allylic oxidation sites excluding steroid dienone is 6. The quantitative estimate of drug-likeness (QED) is 0.0683. The van der Waals surface area contributed by atoms with Crippen LogP contribution in [0, 0.1) is 29.7 Å². The molecule has 8 aromatic heterocycles. The average molecular weight is 1610 g/mol. The number of carbonyl (C=O) groups excluding carboxylic acids is 8. The number of nitrogens with two attached hydrogens (primary N) is 1. The molecule has 0 unspecified atom stereocenters. The van der Waals surface area contributed by atoms with Crippen LogP contribution in [0.4, 0.5) is 23.3 Å². The third kappa shape index (κ3) is 17.2. The molecule has 4 aliphatic heterocycles. The van der Waals surface area contributed by atoms with Gasteiger partial charge >= 0.3 is 47.3 Å². The number of amides is 7. The molecule has 4 saturated carbocycles. The standard InChI is InChI=1S/2C20H18N6O3.C20H16N6O3.C12H12N2O3.C10H12N4O/c3*1-26-17-15(21-7-8-22-17)12-10-13(12)16(20(26)28)23-18(27)19-25-24-14(29-19)9-11-5-3-2-4-6-11;1-2-16-12(15)11-14-13-10(17-11)8-9-6-4-3-5-7-9;1-14-9-8(12-2-3-13-9)6-4-5(6)7(11)10(14)15/h2*2-8,12-13,16H,9-10H2,1H3,(H,23,27);3-8,12-13,16H,9-10H2,1H3;3-7H,2,8H2,1H3;2-3,5-7H,4,11H2,1H3/p+1/t3*12-,13+,16+;;5-,6+,7-/m101.0/s1. The van der Waals surface area contributed by atoms with Gasteiger partial charge in [-0.05, 0) is 73.0 Å². The van der Waals surface area contributed by atoms with Gasteiger partial charge in [-0.3, -0.25) is 73.1 Å². The van der Waals surface area contributed by atoms with Crippen LogP contribution < -0.4 is 41.3 Å². The monoisotopic (exact) mass is 1610 g/mol. The van der Waals surface area contributed by atoms with Gasteiger partial charge in [0, 0.05) is 108 Å². The Bertz CT molecular complexity index is 5570. The zero-order valence-corrected chi connectivity index (χ0v) is 64.7. The van der Waals surface area contributed by atoms with Crippen molar-refractivity contribution >= 4 is 70.6 Å². The fourth-order valence-electron chi connectivity index (χ4n) is 15.1. The second-order valence-corrected chi connectivity index (χ2v) is 29.3. The molecule has 0 bridgehead atoms. The number of hydrogen-bond donors (Lipinski definition) is 4. The van der Waals surface area contributed by atoms with Gasteiger partial charge in [-0.15, -0.1) is 40.8 Å². The van der Waals surface area contributed by atoms with Crippen molar-refractivity contribution in [3.8, 4) is 0 Å². The largest absolute Gasteiger partial charge is 0.459 e. The maximum atomic E-state index is 12.9. The zero-order valence-electron chi connectivity index (χ0n) is 64.7. The van der Waals surface area contributed by atoms with Crippen LogP contribution in [-0.2, 0) is 49.6 Å². The summed E-state index contributed by atoms with van der Waals surface area (Å²) in [6.07, 6.45) is 28.2. The van der Waals surface area contributed by atoms with Crippen LogP contribution in [-0.4, -0.2) is 187 Å². The molecule has 0 radical (unpaired) electrons. The first-order chi connectivity index (χ1) is 57.8. The number of ether oxygens (including phenoxy) is 1. The first-order valence-corrected chi connectivity index (χ1v) is 38.4. The molecule has 20 rings (SSSR count). The zero-order chi connectivity index (χ0) is 82.5. The summed E-state index contributed by atoms with van der Waals surface area (Å²) < 4.78 is 26.5. The van der Waals surface area contributed by atoms with Crippen molar-refractivity contribution < 1.29 is 60.8 Å². The predicted octanol–water partition coefficient (Wildman–Crippen LogP) is 5.51. The highest BCUT2D eigenvalue weighted by Crippen LogP contribution is 2.56. The molecule has 37 heteroatoms. The van der Waals surface area contributed by atoms with Gasteiger partial charge in [0.05, 0.1) is 78.8 Å². The molecule has 602 valence electrons. The molecule has 5 aliphatic carbocycles. The van der Waals surface area contributed by atoms with Gasteiger partial charge in [-0.25, -0.2) is 24.7 Å². The molecule has 4 fully saturated rings. The summed E-state index contributed by atoms with van der Waals surface area (Å²) in [5.74, 6) is 1.03. The number of anilines is 4. The fourth-order valence-corrected chi connectivity index (χ4v) is 15.1. The molecule has 12 heterocycles. The summed E-state index contributed by atoms with van der Waals surface area (Å²) >= 11 is 0. The van der Waals surface area contributed by atoms with E-state index in [2.05, 4.69) is 103 Å². The number of rotatable bonds is 16. The molecule has 3 aromatic carbocycles. The van der Waals surface area contributed by atoms with E-state index in [1.165, 1.54) is 19.6 Å². The van der Waals surface area contributed by atoms with E-state index in [-0.39, 0.29) is 95.2 Å². The van der Waals surface area contributed by atoms with Gasteiger partial charge < -0.3 is 44.1 Å². The first-order valence-electron chi connectivity index (χ1n) is 38.4. The summed E-state index contributed by atoms with van der Waals surface area (Å²) in [5.41, 5.74) is 13.2. The molecule has 5 N–H and O–H groups in total.